The van der Waals surface area contributed by atoms with E-state index in [0.717, 1.165) is 12.8 Å². The number of rotatable bonds is 4. The Kier molecular flexibility index (Phi) is 4.48. The summed E-state index contributed by atoms with van der Waals surface area (Å²) in [6.45, 7) is 2.64. The average Bonchev–Trinajstić information content (AvgIpc) is 2.16. The molecule has 0 aromatic heterocycles. The van der Waals surface area contributed by atoms with Gasteiger partial charge in [-0.05, 0) is 19.3 Å². The molecule has 0 heterocycles. The molecule has 0 radical (unpaired) electrons. The molecule has 0 spiro atoms. The Morgan fingerprint density at radius 3 is 2.87 bits per heavy atom. The molecule has 1 aliphatic carbocycles. The Hall–Kier alpha value is -0.670. The van der Waals surface area contributed by atoms with Gasteiger partial charge in [0.25, 0.3) is 0 Å². The van der Waals surface area contributed by atoms with Crippen LogP contribution in [-0.4, -0.2) is 18.4 Å². The zero-order chi connectivity index (χ0) is 11.3. The molecule has 1 rings (SSSR count). The largest absolute Gasteiger partial charge is 0.356 e. The number of unbranched alkanes of at least 4 members (excludes halogenated alkanes) is 1. The van der Waals surface area contributed by atoms with Crippen LogP contribution in [0.15, 0.2) is 0 Å². The first-order valence-electron chi connectivity index (χ1n) is 5.71. The maximum absolute atomic E-state index is 13.0. The number of hydrogen-bond acceptors (Lipinski definition) is 1. The van der Waals surface area contributed by atoms with Crippen molar-refractivity contribution in [1.82, 2.24) is 5.32 Å². The number of carbonyl (C=O) groups excluding carboxylic acids is 1. The van der Waals surface area contributed by atoms with E-state index in [4.69, 9.17) is 0 Å². The van der Waals surface area contributed by atoms with Crippen molar-refractivity contribution < 1.29 is 13.6 Å². The zero-order valence-corrected chi connectivity index (χ0v) is 9.19. The molecular weight excluding hydrogens is 200 g/mol. The van der Waals surface area contributed by atoms with Gasteiger partial charge in [0, 0.05) is 25.3 Å². The topological polar surface area (TPSA) is 29.1 Å². The molecule has 0 saturated heterocycles. The van der Waals surface area contributed by atoms with E-state index in [9.17, 15) is 13.6 Å². The van der Waals surface area contributed by atoms with E-state index < -0.39 is 11.8 Å². The van der Waals surface area contributed by atoms with Crippen molar-refractivity contribution >= 4 is 5.91 Å². The summed E-state index contributed by atoms with van der Waals surface area (Å²) in [4.78, 5) is 11.5. The highest BCUT2D eigenvalue weighted by Crippen LogP contribution is 2.36. The van der Waals surface area contributed by atoms with Crippen molar-refractivity contribution in [3.8, 4) is 0 Å². The second kappa shape index (κ2) is 5.42. The van der Waals surface area contributed by atoms with Gasteiger partial charge in [-0.3, -0.25) is 4.79 Å². The summed E-state index contributed by atoms with van der Waals surface area (Å²) in [5, 5.41) is 2.72. The number of carbonyl (C=O) groups is 1. The van der Waals surface area contributed by atoms with Gasteiger partial charge in [0.15, 0.2) is 0 Å². The summed E-state index contributed by atoms with van der Waals surface area (Å²) in [6.07, 6.45) is 2.64. The number of nitrogens with one attached hydrogen (secondary N) is 1. The van der Waals surface area contributed by atoms with Crippen molar-refractivity contribution in [2.75, 3.05) is 6.54 Å². The van der Waals surface area contributed by atoms with Crippen molar-refractivity contribution in [1.29, 1.82) is 0 Å². The molecule has 0 aliphatic heterocycles. The molecule has 88 valence electrons. The second-order valence-corrected chi connectivity index (χ2v) is 4.29. The monoisotopic (exact) mass is 219 g/mol. The third-order valence-corrected chi connectivity index (χ3v) is 2.84. The minimum Gasteiger partial charge on any atom is -0.356 e. The van der Waals surface area contributed by atoms with Crippen LogP contribution in [-0.2, 0) is 4.79 Å². The smallest absolute Gasteiger partial charge is 0.248 e. The van der Waals surface area contributed by atoms with Crippen molar-refractivity contribution in [2.45, 2.75) is 51.4 Å². The van der Waals surface area contributed by atoms with Gasteiger partial charge in [0.1, 0.15) is 0 Å². The van der Waals surface area contributed by atoms with Crippen molar-refractivity contribution in [2.24, 2.45) is 5.92 Å². The molecule has 1 amide bonds. The molecular formula is C11H19F2NO. The van der Waals surface area contributed by atoms with Gasteiger partial charge in [0.05, 0.1) is 0 Å². The predicted octanol–water partition coefficient (Wildman–Crippen LogP) is 2.73. The lowest BCUT2D eigenvalue weighted by Gasteiger charge is -2.27. The molecule has 0 aromatic rings. The van der Waals surface area contributed by atoms with Gasteiger partial charge in [-0.2, -0.15) is 0 Å². The summed E-state index contributed by atoms with van der Waals surface area (Å²) in [5.41, 5.74) is 0. The van der Waals surface area contributed by atoms with Crippen LogP contribution in [0.5, 0.6) is 0 Å². The van der Waals surface area contributed by atoms with Crippen molar-refractivity contribution in [3.05, 3.63) is 0 Å². The fourth-order valence-electron chi connectivity index (χ4n) is 1.93. The molecule has 1 N–H and O–H groups in total. The van der Waals surface area contributed by atoms with E-state index in [0.29, 0.717) is 19.4 Å². The van der Waals surface area contributed by atoms with E-state index in [1.165, 1.54) is 0 Å². The molecule has 15 heavy (non-hydrogen) atoms. The van der Waals surface area contributed by atoms with Gasteiger partial charge in [0.2, 0.25) is 11.8 Å². The number of amides is 1. The van der Waals surface area contributed by atoms with Crippen LogP contribution in [0.3, 0.4) is 0 Å². The van der Waals surface area contributed by atoms with Gasteiger partial charge < -0.3 is 5.32 Å². The van der Waals surface area contributed by atoms with Gasteiger partial charge in [-0.25, -0.2) is 8.78 Å². The first-order chi connectivity index (χ1) is 7.05. The highest BCUT2D eigenvalue weighted by Gasteiger charge is 2.38. The van der Waals surface area contributed by atoms with E-state index in [-0.39, 0.29) is 18.7 Å². The summed E-state index contributed by atoms with van der Waals surface area (Å²) < 4.78 is 26.0. The maximum Gasteiger partial charge on any atom is 0.248 e. The van der Waals surface area contributed by atoms with Crippen molar-refractivity contribution in [3.63, 3.8) is 0 Å². The minimum atomic E-state index is -2.63. The fraction of sp³-hybridized carbons (Fsp3) is 0.909. The summed E-state index contributed by atoms with van der Waals surface area (Å²) in [6, 6.07) is 0. The minimum absolute atomic E-state index is 0.0637. The van der Waals surface area contributed by atoms with Gasteiger partial charge in [-0.15, -0.1) is 0 Å². The molecule has 2 nitrogen and oxygen atoms in total. The van der Waals surface area contributed by atoms with Crippen LogP contribution in [0.2, 0.25) is 0 Å². The first-order valence-corrected chi connectivity index (χ1v) is 5.71. The normalized spacial score (nSPS) is 24.9. The molecule has 1 aliphatic rings. The average molecular weight is 219 g/mol. The van der Waals surface area contributed by atoms with E-state index >= 15 is 0 Å². The molecule has 0 aromatic carbocycles. The molecule has 1 atom stereocenters. The highest BCUT2D eigenvalue weighted by molar-refractivity contribution is 5.78. The van der Waals surface area contributed by atoms with E-state index in [1.54, 1.807) is 0 Å². The molecule has 0 bridgehead atoms. The third-order valence-electron chi connectivity index (χ3n) is 2.84. The van der Waals surface area contributed by atoms with Gasteiger partial charge >= 0.3 is 0 Å². The van der Waals surface area contributed by atoms with Gasteiger partial charge in [-0.1, -0.05) is 13.3 Å². The molecule has 4 heteroatoms. The van der Waals surface area contributed by atoms with Crippen LogP contribution >= 0.6 is 0 Å². The van der Waals surface area contributed by atoms with Crippen LogP contribution < -0.4 is 5.32 Å². The molecule has 1 fully saturated rings. The van der Waals surface area contributed by atoms with Crippen LogP contribution in [0.1, 0.15) is 45.4 Å². The second-order valence-electron chi connectivity index (χ2n) is 4.29. The molecule has 1 unspecified atom stereocenters. The number of halogens is 2. The standard InChI is InChI=1S/C11H19F2NO/c1-2-3-7-14-10(15)9-5-4-6-11(12,13)8-9/h9H,2-8H2,1H3,(H,14,15). The summed E-state index contributed by atoms with van der Waals surface area (Å²) in [5.74, 6) is -3.31. The lowest BCUT2D eigenvalue weighted by Crippen LogP contribution is -2.37. The predicted molar refractivity (Wildman–Crippen MR) is 54.8 cm³/mol. The Bertz CT molecular complexity index is 219. The first kappa shape index (κ1) is 12.4. The van der Waals surface area contributed by atoms with E-state index in [1.807, 2.05) is 6.92 Å². The lowest BCUT2D eigenvalue weighted by atomic mass is 9.86. The SMILES string of the molecule is CCCCNC(=O)C1CCCC(F)(F)C1. The Labute approximate surface area is 89.4 Å². The number of hydrogen-bond donors (Lipinski definition) is 1. The summed E-state index contributed by atoms with van der Waals surface area (Å²) >= 11 is 0. The van der Waals surface area contributed by atoms with Crippen LogP contribution in [0.4, 0.5) is 8.78 Å². The van der Waals surface area contributed by atoms with Crippen LogP contribution in [0.25, 0.3) is 0 Å². The molecule has 1 saturated carbocycles. The Balaban J connectivity index is 2.32. The lowest BCUT2D eigenvalue weighted by molar-refractivity contribution is -0.132. The number of alkyl halides is 2. The Morgan fingerprint density at radius 2 is 2.27 bits per heavy atom. The van der Waals surface area contributed by atoms with E-state index in [2.05, 4.69) is 5.32 Å². The highest BCUT2D eigenvalue weighted by atomic mass is 19.3. The Morgan fingerprint density at radius 1 is 1.53 bits per heavy atom. The summed E-state index contributed by atoms with van der Waals surface area (Å²) in [7, 11) is 0. The third kappa shape index (κ3) is 4.14. The van der Waals surface area contributed by atoms with Crippen LogP contribution in [0, 0.1) is 5.92 Å². The maximum atomic E-state index is 13.0. The fourth-order valence-corrected chi connectivity index (χ4v) is 1.93. The zero-order valence-electron chi connectivity index (χ0n) is 9.19. The quantitative estimate of drug-likeness (QED) is 0.724.